The van der Waals surface area contributed by atoms with Crippen molar-refractivity contribution in [1.29, 1.82) is 0 Å². The van der Waals surface area contributed by atoms with E-state index < -0.39 is 0 Å². The van der Waals surface area contributed by atoms with Crippen molar-refractivity contribution in [3.05, 3.63) is 29.8 Å². The summed E-state index contributed by atoms with van der Waals surface area (Å²) in [5, 5.41) is 3.56. The summed E-state index contributed by atoms with van der Waals surface area (Å²) in [5.74, 6) is 0.840. The Kier molecular flexibility index (Phi) is 7.08. The van der Waals surface area contributed by atoms with Gasteiger partial charge in [-0.1, -0.05) is 38.8 Å². The van der Waals surface area contributed by atoms with Gasteiger partial charge in [0.2, 0.25) is 0 Å². The molecule has 1 aromatic carbocycles. The smallest absolute Gasteiger partial charge is 0.0366 e. The molecule has 0 radical (unpaired) electrons. The third-order valence-electron chi connectivity index (χ3n) is 4.37. The fourth-order valence-electron chi connectivity index (χ4n) is 3.01. The SMILES string of the molecule is CC(C)CCCCNCc1ccc(N2CCCCC2)cc1. The number of piperidine rings is 1. The number of anilines is 1. The maximum atomic E-state index is 3.56. The topological polar surface area (TPSA) is 15.3 Å². The summed E-state index contributed by atoms with van der Waals surface area (Å²) in [6.45, 7) is 9.21. The summed E-state index contributed by atoms with van der Waals surface area (Å²) in [6.07, 6.45) is 8.09. The van der Waals surface area contributed by atoms with Crippen LogP contribution in [0, 0.1) is 5.92 Å². The highest BCUT2D eigenvalue weighted by Crippen LogP contribution is 2.20. The van der Waals surface area contributed by atoms with Crippen LogP contribution in [0.5, 0.6) is 0 Å². The van der Waals surface area contributed by atoms with E-state index in [9.17, 15) is 0 Å². The number of unbranched alkanes of at least 4 members (excludes halogenated alkanes) is 1. The molecule has 0 atom stereocenters. The molecule has 1 saturated heterocycles. The van der Waals surface area contributed by atoms with Gasteiger partial charge in [-0.25, -0.2) is 0 Å². The van der Waals surface area contributed by atoms with E-state index >= 15 is 0 Å². The highest BCUT2D eigenvalue weighted by atomic mass is 15.1. The summed E-state index contributed by atoms with van der Waals surface area (Å²) in [4.78, 5) is 2.52. The van der Waals surface area contributed by atoms with Gasteiger partial charge in [0.1, 0.15) is 0 Å². The molecular weight excluding hydrogens is 256 g/mol. The van der Waals surface area contributed by atoms with Crippen molar-refractivity contribution in [1.82, 2.24) is 5.32 Å². The molecule has 1 aliphatic rings. The Morgan fingerprint density at radius 1 is 1.00 bits per heavy atom. The number of rotatable bonds is 8. The van der Waals surface area contributed by atoms with Gasteiger partial charge in [-0.3, -0.25) is 0 Å². The van der Waals surface area contributed by atoms with Crippen LogP contribution in [0.1, 0.15) is 57.9 Å². The van der Waals surface area contributed by atoms with Crippen molar-refractivity contribution in [3.63, 3.8) is 0 Å². The fourth-order valence-corrected chi connectivity index (χ4v) is 3.01. The maximum Gasteiger partial charge on any atom is 0.0366 e. The molecule has 118 valence electrons. The van der Waals surface area contributed by atoms with E-state index in [2.05, 4.69) is 48.3 Å². The van der Waals surface area contributed by atoms with Crippen LogP contribution in [0.15, 0.2) is 24.3 Å². The number of nitrogens with one attached hydrogen (secondary N) is 1. The zero-order chi connectivity index (χ0) is 14.9. The molecule has 1 fully saturated rings. The van der Waals surface area contributed by atoms with E-state index in [1.54, 1.807) is 0 Å². The van der Waals surface area contributed by atoms with E-state index in [0.717, 1.165) is 19.0 Å². The van der Waals surface area contributed by atoms with E-state index in [4.69, 9.17) is 0 Å². The lowest BCUT2D eigenvalue weighted by Gasteiger charge is -2.28. The molecule has 2 heteroatoms. The van der Waals surface area contributed by atoms with E-state index in [1.807, 2.05) is 0 Å². The summed E-state index contributed by atoms with van der Waals surface area (Å²) in [5.41, 5.74) is 2.80. The average Bonchev–Trinajstić information content (AvgIpc) is 2.52. The number of hydrogen-bond acceptors (Lipinski definition) is 2. The molecular formula is C19H32N2. The molecule has 0 amide bonds. The Bertz CT molecular complexity index is 377. The third kappa shape index (κ3) is 6.09. The standard InChI is InChI=1S/C19H32N2/c1-17(2)8-4-5-13-20-16-18-9-11-19(12-10-18)21-14-6-3-7-15-21/h9-12,17,20H,3-8,13-16H2,1-2H3. The summed E-state index contributed by atoms with van der Waals surface area (Å²) < 4.78 is 0. The number of hydrogen-bond donors (Lipinski definition) is 1. The first-order valence-electron chi connectivity index (χ1n) is 8.80. The van der Waals surface area contributed by atoms with Gasteiger partial charge in [-0.15, -0.1) is 0 Å². The first kappa shape index (κ1) is 16.4. The van der Waals surface area contributed by atoms with Gasteiger partial charge in [0.25, 0.3) is 0 Å². The molecule has 2 nitrogen and oxygen atoms in total. The van der Waals surface area contributed by atoms with Crippen molar-refractivity contribution in [2.45, 2.75) is 58.9 Å². The fraction of sp³-hybridized carbons (Fsp3) is 0.684. The van der Waals surface area contributed by atoms with Crippen LogP contribution >= 0.6 is 0 Å². The van der Waals surface area contributed by atoms with E-state index in [1.165, 1.54) is 62.9 Å². The minimum Gasteiger partial charge on any atom is -0.372 e. The molecule has 0 aromatic heterocycles. The van der Waals surface area contributed by atoms with Crippen molar-refractivity contribution >= 4 is 5.69 Å². The lowest BCUT2D eigenvalue weighted by atomic mass is 10.1. The quantitative estimate of drug-likeness (QED) is 0.704. The van der Waals surface area contributed by atoms with Crippen LogP contribution in [0.3, 0.4) is 0 Å². The van der Waals surface area contributed by atoms with Crippen molar-refractivity contribution in [3.8, 4) is 0 Å². The molecule has 0 saturated carbocycles. The summed E-state index contributed by atoms with van der Waals surface area (Å²) in [6, 6.07) is 9.15. The van der Waals surface area contributed by atoms with Gasteiger partial charge in [0, 0.05) is 25.3 Å². The van der Waals surface area contributed by atoms with Crippen LogP contribution in [0.25, 0.3) is 0 Å². The largest absolute Gasteiger partial charge is 0.372 e. The van der Waals surface area contributed by atoms with Crippen molar-refractivity contribution in [2.24, 2.45) is 5.92 Å². The molecule has 1 N–H and O–H groups in total. The lowest BCUT2D eigenvalue weighted by molar-refractivity contribution is 0.520. The van der Waals surface area contributed by atoms with Gasteiger partial charge in [0.05, 0.1) is 0 Å². The predicted molar refractivity (Wildman–Crippen MR) is 92.9 cm³/mol. The van der Waals surface area contributed by atoms with Gasteiger partial charge in [-0.2, -0.15) is 0 Å². The zero-order valence-electron chi connectivity index (χ0n) is 13.9. The maximum absolute atomic E-state index is 3.56. The first-order chi connectivity index (χ1) is 10.3. The van der Waals surface area contributed by atoms with Gasteiger partial charge in [0.15, 0.2) is 0 Å². The van der Waals surface area contributed by atoms with Crippen LogP contribution in [0.4, 0.5) is 5.69 Å². The molecule has 0 spiro atoms. The summed E-state index contributed by atoms with van der Waals surface area (Å²) >= 11 is 0. The molecule has 21 heavy (non-hydrogen) atoms. The van der Waals surface area contributed by atoms with Gasteiger partial charge < -0.3 is 10.2 Å². The Morgan fingerprint density at radius 3 is 2.38 bits per heavy atom. The Balaban J connectivity index is 1.65. The molecule has 0 unspecified atom stereocenters. The second-order valence-electron chi connectivity index (χ2n) is 6.78. The van der Waals surface area contributed by atoms with Crippen LogP contribution in [-0.2, 0) is 6.54 Å². The normalized spacial score (nSPS) is 15.7. The van der Waals surface area contributed by atoms with Gasteiger partial charge in [-0.05, 0) is 55.8 Å². The Morgan fingerprint density at radius 2 is 1.71 bits per heavy atom. The van der Waals surface area contributed by atoms with Crippen LogP contribution in [-0.4, -0.2) is 19.6 Å². The minimum atomic E-state index is 0.840. The van der Waals surface area contributed by atoms with Gasteiger partial charge >= 0.3 is 0 Å². The monoisotopic (exact) mass is 288 g/mol. The molecule has 1 aliphatic heterocycles. The Hall–Kier alpha value is -1.02. The number of nitrogens with zero attached hydrogens (tertiary/aromatic N) is 1. The average molecular weight is 288 g/mol. The highest BCUT2D eigenvalue weighted by molar-refractivity contribution is 5.47. The van der Waals surface area contributed by atoms with Crippen molar-refractivity contribution in [2.75, 3.05) is 24.5 Å². The van der Waals surface area contributed by atoms with E-state index in [0.29, 0.717) is 0 Å². The van der Waals surface area contributed by atoms with Crippen LogP contribution in [0.2, 0.25) is 0 Å². The Labute approximate surface area is 130 Å². The molecule has 2 rings (SSSR count). The second-order valence-corrected chi connectivity index (χ2v) is 6.78. The molecule has 0 bridgehead atoms. The highest BCUT2D eigenvalue weighted by Gasteiger charge is 2.10. The zero-order valence-corrected chi connectivity index (χ0v) is 13.9. The van der Waals surface area contributed by atoms with Crippen LogP contribution < -0.4 is 10.2 Å². The molecule has 0 aliphatic carbocycles. The van der Waals surface area contributed by atoms with E-state index in [-0.39, 0.29) is 0 Å². The lowest BCUT2D eigenvalue weighted by Crippen LogP contribution is -2.29. The summed E-state index contributed by atoms with van der Waals surface area (Å²) in [7, 11) is 0. The number of benzene rings is 1. The predicted octanol–water partition coefficient (Wildman–Crippen LogP) is 4.59. The van der Waals surface area contributed by atoms with Crippen molar-refractivity contribution < 1.29 is 0 Å². The third-order valence-corrected chi connectivity index (χ3v) is 4.37. The molecule has 1 heterocycles. The first-order valence-corrected chi connectivity index (χ1v) is 8.80. The molecule has 1 aromatic rings. The second kappa shape index (κ2) is 9.09. The minimum absolute atomic E-state index is 0.840.